The summed E-state index contributed by atoms with van der Waals surface area (Å²) < 4.78 is 38.7. The van der Waals surface area contributed by atoms with Crippen molar-refractivity contribution in [2.45, 2.75) is 23.6 Å². The van der Waals surface area contributed by atoms with Crippen LogP contribution in [-0.2, 0) is 20.2 Å². The number of para-hydroxylation sites is 1. The number of benzene rings is 2. The van der Waals surface area contributed by atoms with Crippen molar-refractivity contribution in [2.75, 3.05) is 33.4 Å². The summed E-state index contributed by atoms with van der Waals surface area (Å²) in [5.41, 5.74) is 0.0422. The lowest BCUT2D eigenvalue weighted by atomic mass is 9.72. The van der Waals surface area contributed by atoms with Crippen LogP contribution in [0.5, 0.6) is 5.75 Å². The SMILES string of the molecule is COc1ccccc1C(=O)NC(C1(c2ccccc2)CCNCC1)S(=O)(=O)N1CCOC1=O. The van der Waals surface area contributed by atoms with Gasteiger partial charge in [-0.25, -0.2) is 13.2 Å². The molecule has 2 saturated heterocycles. The van der Waals surface area contributed by atoms with E-state index in [0.29, 0.717) is 31.7 Å². The third-order valence-electron chi connectivity index (χ3n) is 6.29. The molecule has 0 aliphatic carbocycles. The van der Waals surface area contributed by atoms with Crippen LogP contribution in [0.2, 0.25) is 0 Å². The van der Waals surface area contributed by atoms with Crippen LogP contribution in [-0.4, -0.2) is 63.4 Å². The van der Waals surface area contributed by atoms with Gasteiger partial charge in [-0.05, 0) is 43.6 Å². The molecule has 0 saturated carbocycles. The van der Waals surface area contributed by atoms with Gasteiger partial charge in [-0.1, -0.05) is 42.5 Å². The molecule has 2 heterocycles. The number of hydrogen-bond acceptors (Lipinski definition) is 7. The van der Waals surface area contributed by atoms with Gasteiger partial charge in [0.25, 0.3) is 15.9 Å². The molecule has 2 aliphatic heterocycles. The van der Waals surface area contributed by atoms with Crippen molar-refractivity contribution in [3.05, 3.63) is 65.7 Å². The van der Waals surface area contributed by atoms with Gasteiger partial charge in [0.1, 0.15) is 12.4 Å². The van der Waals surface area contributed by atoms with Crippen molar-refractivity contribution in [2.24, 2.45) is 0 Å². The number of methoxy groups -OCH3 is 1. The number of amides is 2. The van der Waals surface area contributed by atoms with Crippen LogP contribution in [0.15, 0.2) is 54.6 Å². The number of hydrogen-bond donors (Lipinski definition) is 2. The van der Waals surface area contributed by atoms with Crippen LogP contribution in [0, 0.1) is 0 Å². The Labute approximate surface area is 193 Å². The van der Waals surface area contributed by atoms with Gasteiger partial charge in [0.2, 0.25) is 0 Å². The summed E-state index contributed by atoms with van der Waals surface area (Å²) in [6.45, 7) is 1.02. The standard InChI is InChI=1S/C23H27N3O6S/c1-31-19-10-6-5-9-18(19)20(27)25-21(33(29,30)26-15-16-32-22(26)28)23(11-13-24-14-12-23)17-7-3-2-4-8-17/h2-10,21,24H,11-16H2,1H3,(H,25,27). The molecule has 176 valence electrons. The van der Waals surface area contributed by atoms with Gasteiger partial charge in [0, 0.05) is 5.41 Å². The lowest BCUT2D eigenvalue weighted by Gasteiger charge is -2.44. The zero-order chi connectivity index (χ0) is 23.5. The average Bonchev–Trinajstić information content (AvgIpc) is 3.30. The van der Waals surface area contributed by atoms with Crippen molar-refractivity contribution in [3.63, 3.8) is 0 Å². The fraction of sp³-hybridized carbons (Fsp3) is 0.391. The Morgan fingerprint density at radius 1 is 1.12 bits per heavy atom. The molecule has 2 N–H and O–H groups in total. The molecule has 1 unspecified atom stereocenters. The Hall–Kier alpha value is -3.11. The lowest BCUT2D eigenvalue weighted by Crippen LogP contribution is -2.61. The smallest absolute Gasteiger partial charge is 0.423 e. The maximum Gasteiger partial charge on any atom is 0.423 e. The van der Waals surface area contributed by atoms with Gasteiger partial charge in [-0.2, -0.15) is 4.31 Å². The zero-order valence-electron chi connectivity index (χ0n) is 18.3. The molecule has 2 aromatic rings. The van der Waals surface area contributed by atoms with E-state index in [1.807, 2.05) is 30.3 Å². The second-order valence-corrected chi connectivity index (χ2v) is 10.00. The molecule has 2 aromatic carbocycles. The zero-order valence-corrected chi connectivity index (χ0v) is 19.1. The van der Waals surface area contributed by atoms with Crippen molar-refractivity contribution < 1.29 is 27.5 Å². The van der Waals surface area contributed by atoms with E-state index in [-0.39, 0.29) is 18.7 Å². The van der Waals surface area contributed by atoms with Crippen molar-refractivity contribution >= 4 is 22.0 Å². The van der Waals surface area contributed by atoms with Crippen LogP contribution in [0.4, 0.5) is 4.79 Å². The molecular formula is C23H27N3O6S. The van der Waals surface area contributed by atoms with Crippen LogP contribution in [0.1, 0.15) is 28.8 Å². The van der Waals surface area contributed by atoms with Gasteiger partial charge < -0.3 is 20.1 Å². The topological polar surface area (TPSA) is 114 Å². The number of sulfonamides is 1. The highest BCUT2D eigenvalue weighted by molar-refractivity contribution is 7.90. The number of carbonyl (C=O) groups is 2. The number of nitrogens with zero attached hydrogens (tertiary/aromatic N) is 1. The number of cyclic esters (lactones) is 1. The first-order valence-corrected chi connectivity index (χ1v) is 12.3. The Balaban J connectivity index is 1.83. The number of piperidine rings is 1. The summed E-state index contributed by atoms with van der Waals surface area (Å²) in [4.78, 5) is 25.7. The molecule has 33 heavy (non-hydrogen) atoms. The van der Waals surface area contributed by atoms with Gasteiger partial charge in [0.05, 0.1) is 19.2 Å². The Bertz CT molecular complexity index is 1120. The predicted octanol–water partition coefficient (Wildman–Crippen LogP) is 1.85. The number of nitrogens with one attached hydrogen (secondary N) is 2. The first-order valence-electron chi connectivity index (χ1n) is 10.8. The monoisotopic (exact) mass is 473 g/mol. The Morgan fingerprint density at radius 2 is 1.79 bits per heavy atom. The summed E-state index contributed by atoms with van der Waals surface area (Å²) >= 11 is 0. The number of carbonyl (C=O) groups excluding carboxylic acids is 2. The molecule has 4 rings (SSSR count). The maximum atomic E-state index is 13.9. The second-order valence-electron chi connectivity index (χ2n) is 8.06. The minimum absolute atomic E-state index is 0.0227. The van der Waals surface area contributed by atoms with Crippen LogP contribution >= 0.6 is 0 Å². The molecule has 9 nitrogen and oxygen atoms in total. The first kappa shape index (κ1) is 23.1. The molecular weight excluding hydrogens is 446 g/mol. The van der Waals surface area contributed by atoms with Gasteiger partial charge in [-0.3, -0.25) is 4.79 Å². The lowest BCUT2D eigenvalue weighted by molar-refractivity contribution is 0.0920. The van der Waals surface area contributed by atoms with E-state index in [1.165, 1.54) is 7.11 Å². The van der Waals surface area contributed by atoms with E-state index < -0.39 is 32.8 Å². The van der Waals surface area contributed by atoms with E-state index in [1.54, 1.807) is 24.3 Å². The van der Waals surface area contributed by atoms with E-state index in [4.69, 9.17) is 9.47 Å². The quantitative estimate of drug-likeness (QED) is 0.631. The molecule has 2 amide bonds. The minimum atomic E-state index is -4.32. The molecule has 0 spiro atoms. The summed E-state index contributed by atoms with van der Waals surface area (Å²) in [5, 5.41) is 4.64. The summed E-state index contributed by atoms with van der Waals surface area (Å²) in [6.07, 6.45) is -0.0184. The number of rotatable bonds is 7. The van der Waals surface area contributed by atoms with Crippen LogP contribution in [0.3, 0.4) is 0 Å². The normalized spacial score (nSPS) is 18.9. The molecule has 2 fully saturated rings. The number of ether oxygens (including phenoxy) is 2. The van der Waals surface area contributed by atoms with E-state index in [9.17, 15) is 18.0 Å². The molecule has 10 heteroatoms. The third-order valence-corrected chi connectivity index (χ3v) is 8.40. The largest absolute Gasteiger partial charge is 0.496 e. The highest BCUT2D eigenvalue weighted by atomic mass is 32.2. The summed E-state index contributed by atoms with van der Waals surface area (Å²) in [7, 11) is -2.88. The van der Waals surface area contributed by atoms with Crippen LogP contribution in [0.25, 0.3) is 0 Å². The van der Waals surface area contributed by atoms with Crippen molar-refractivity contribution in [3.8, 4) is 5.75 Å². The summed E-state index contributed by atoms with van der Waals surface area (Å²) in [6, 6.07) is 15.9. The Morgan fingerprint density at radius 3 is 2.42 bits per heavy atom. The minimum Gasteiger partial charge on any atom is -0.496 e. The van der Waals surface area contributed by atoms with Crippen molar-refractivity contribution in [1.82, 2.24) is 14.9 Å². The maximum absolute atomic E-state index is 13.9. The molecule has 2 aliphatic rings. The fourth-order valence-electron chi connectivity index (χ4n) is 4.61. The first-order chi connectivity index (χ1) is 15.9. The third kappa shape index (κ3) is 4.28. The van der Waals surface area contributed by atoms with E-state index in [0.717, 1.165) is 9.87 Å². The van der Waals surface area contributed by atoms with Gasteiger partial charge in [-0.15, -0.1) is 0 Å². The van der Waals surface area contributed by atoms with E-state index in [2.05, 4.69) is 10.6 Å². The van der Waals surface area contributed by atoms with Gasteiger partial charge in [0.15, 0.2) is 5.37 Å². The second kappa shape index (κ2) is 9.40. The highest BCUT2D eigenvalue weighted by Crippen LogP contribution is 2.40. The predicted molar refractivity (Wildman–Crippen MR) is 121 cm³/mol. The molecule has 0 bridgehead atoms. The molecule has 0 aromatic heterocycles. The van der Waals surface area contributed by atoms with Crippen molar-refractivity contribution in [1.29, 1.82) is 0 Å². The van der Waals surface area contributed by atoms with Crippen LogP contribution < -0.4 is 15.4 Å². The summed E-state index contributed by atoms with van der Waals surface area (Å²) in [5.74, 6) is -0.270. The van der Waals surface area contributed by atoms with Gasteiger partial charge >= 0.3 is 6.09 Å². The molecule has 0 radical (unpaired) electrons. The highest BCUT2D eigenvalue weighted by Gasteiger charge is 2.53. The fourth-order valence-corrected chi connectivity index (χ4v) is 6.65. The van der Waals surface area contributed by atoms with E-state index >= 15 is 0 Å². The molecule has 1 atom stereocenters. The average molecular weight is 474 g/mol. The Kier molecular flexibility index (Phi) is 6.57.